The van der Waals surface area contributed by atoms with Crippen LogP contribution in [0.3, 0.4) is 0 Å². The van der Waals surface area contributed by atoms with Crippen LogP contribution < -0.4 is 5.32 Å². The summed E-state index contributed by atoms with van der Waals surface area (Å²) in [6.07, 6.45) is 0. The fourth-order valence-electron chi connectivity index (χ4n) is 3.47. The average Bonchev–Trinajstić information content (AvgIpc) is 2.73. The third-order valence-electron chi connectivity index (χ3n) is 4.96. The molecule has 0 fully saturated rings. The van der Waals surface area contributed by atoms with E-state index in [-0.39, 0.29) is 11.7 Å². The first kappa shape index (κ1) is 17.8. The standard InChI is InChI=1S/C25H21NO2/c1-17-11-13-19(14-12-17)24(26-25(28)20-8-3-2-4-9-20)23-21-10-6-5-7-18(21)15-16-22(23)27/h2-16,24,27H,1H3,(H,26,28). The second-order valence-electron chi connectivity index (χ2n) is 6.90. The van der Waals surface area contributed by atoms with Gasteiger partial charge in [-0.05, 0) is 41.5 Å². The molecule has 0 bridgehead atoms. The van der Waals surface area contributed by atoms with Crippen LogP contribution >= 0.6 is 0 Å². The van der Waals surface area contributed by atoms with Gasteiger partial charge >= 0.3 is 0 Å². The van der Waals surface area contributed by atoms with Crippen LogP contribution in [-0.2, 0) is 0 Å². The van der Waals surface area contributed by atoms with Crippen molar-refractivity contribution in [3.63, 3.8) is 0 Å². The Balaban J connectivity index is 1.85. The summed E-state index contributed by atoms with van der Waals surface area (Å²) in [5.74, 6) is -0.0175. The van der Waals surface area contributed by atoms with Crippen molar-refractivity contribution in [3.05, 3.63) is 113 Å². The summed E-state index contributed by atoms with van der Waals surface area (Å²) in [4.78, 5) is 12.9. The fourth-order valence-corrected chi connectivity index (χ4v) is 3.47. The number of amides is 1. The highest BCUT2D eigenvalue weighted by Gasteiger charge is 2.23. The molecule has 0 heterocycles. The van der Waals surface area contributed by atoms with Gasteiger partial charge in [0.05, 0.1) is 6.04 Å². The monoisotopic (exact) mass is 367 g/mol. The number of fused-ring (bicyclic) bond motifs is 1. The van der Waals surface area contributed by atoms with Crippen molar-refractivity contribution in [1.29, 1.82) is 0 Å². The molecule has 0 aromatic heterocycles. The molecule has 28 heavy (non-hydrogen) atoms. The first-order valence-corrected chi connectivity index (χ1v) is 9.26. The van der Waals surface area contributed by atoms with Gasteiger partial charge in [0.15, 0.2) is 0 Å². The number of phenols is 1. The van der Waals surface area contributed by atoms with Crippen molar-refractivity contribution in [2.45, 2.75) is 13.0 Å². The molecule has 2 N–H and O–H groups in total. The molecule has 0 saturated heterocycles. The molecule has 1 unspecified atom stereocenters. The number of nitrogens with one attached hydrogen (secondary N) is 1. The predicted molar refractivity (Wildman–Crippen MR) is 113 cm³/mol. The molecular formula is C25H21NO2. The molecule has 4 aromatic rings. The Labute approximate surface area is 164 Å². The molecule has 0 radical (unpaired) electrons. The van der Waals surface area contributed by atoms with Gasteiger partial charge in [-0.25, -0.2) is 0 Å². The quantitative estimate of drug-likeness (QED) is 0.509. The Kier molecular flexibility index (Phi) is 4.81. The number of carbonyl (C=O) groups excluding carboxylic acids is 1. The van der Waals surface area contributed by atoms with Gasteiger partial charge in [0.1, 0.15) is 5.75 Å². The van der Waals surface area contributed by atoms with Gasteiger partial charge in [-0.2, -0.15) is 0 Å². The summed E-state index contributed by atoms with van der Waals surface area (Å²) in [6, 6.07) is 28.1. The van der Waals surface area contributed by atoms with Crippen LogP contribution in [0.2, 0.25) is 0 Å². The Bertz CT molecular complexity index is 1120. The van der Waals surface area contributed by atoms with E-state index in [0.29, 0.717) is 11.1 Å². The molecule has 0 aliphatic carbocycles. The van der Waals surface area contributed by atoms with E-state index in [9.17, 15) is 9.90 Å². The zero-order valence-electron chi connectivity index (χ0n) is 15.6. The van der Waals surface area contributed by atoms with Gasteiger partial charge in [-0.1, -0.05) is 78.4 Å². The maximum Gasteiger partial charge on any atom is 0.252 e. The highest BCUT2D eigenvalue weighted by atomic mass is 16.3. The lowest BCUT2D eigenvalue weighted by molar-refractivity contribution is 0.0943. The number of phenolic OH excluding ortho intramolecular Hbond substituents is 1. The summed E-state index contributed by atoms with van der Waals surface area (Å²) in [6.45, 7) is 2.02. The number of hydrogen-bond acceptors (Lipinski definition) is 2. The molecule has 0 spiro atoms. The van der Waals surface area contributed by atoms with Crippen LogP contribution in [0, 0.1) is 6.92 Å². The molecule has 4 aromatic carbocycles. The van der Waals surface area contributed by atoms with Crippen LogP contribution in [-0.4, -0.2) is 11.0 Å². The third kappa shape index (κ3) is 3.47. The lowest BCUT2D eigenvalue weighted by atomic mass is 9.92. The molecule has 0 saturated carbocycles. The van der Waals surface area contributed by atoms with Gasteiger partial charge in [0.25, 0.3) is 5.91 Å². The highest BCUT2D eigenvalue weighted by molar-refractivity contribution is 5.96. The van der Waals surface area contributed by atoms with E-state index in [0.717, 1.165) is 21.9 Å². The number of rotatable bonds is 4. The summed E-state index contributed by atoms with van der Waals surface area (Å²) in [5.41, 5.74) is 3.34. The van der Waals surface area contributed by atoms with Crippen molar-refractivity contribution in [2.75, 3.05) is 0 Å². The molecule has 3 heteroatoms. The lowest BCUT2D eigenvalue weighted by Crippen LogP contribution is -2.29. The highest BCUT2D eigenvalue weighted by Crippen LogP contribution is 2.36. The molecule has 1 atom stereocenters. The Morgan fingerprint density at radius 3 is 2.25 bits per heavy atom. The van der Waals surface area contributed by atoms with Crippen molar-refractivity contribution in [2.24, 2.45) is 0 Å². The Hall–Kier alpha value is -3.59. The minimum absolute atomic E-state index is 0.164. The van der Waals surface area contributed by atoms with Crippen LogP contribution in [0.25, 0.3) is 10.8 Å². The molecule has 0 aliphatic heterocycles. The van der Waals surface area contributed by atoms with E-state index in [1.807, 2.05) is 79.7 Å². The maximum absolute atomic E-state index is 12.9. The first-order valence-electron chi connectivity index (χ1n) is 9.26. The zero-order chi connectivity index (χ0) is 19.5. The van der Waals surface area contributed by atoms with E-state index in [1.165, 1.54) is 0 Å². The van der Waals surface area contributed by atoms with Crippen molar-refractivity contribution < 1.29 is 9.90 Å². The van der Waals surface area contributed by atoms with Crippen LogP contribution in [0.5, 0.6) is 5.75 Å². The predicted octanol–water partition coefficient (Wildman–Crippen LogP) is 5.37. The van der Waals surface area contributed by atoms with E-state index in [2.05, 4.69) is 5.32 Å². The van der Waals surface area contributed by atoms with Crippen LogP contribution in [0.4, 0.5) is 0 Å². The lowest BCUT2D eigenvalue weighted by Gasteiger charge is -2.23. The van der Waals surface area contributed by atoms with Crippen molar-refractivity contribution in [3.8, 4) is 5.75 Å². The van der Waals surface area contributed by atoms with E-state index < -0.39 is 6.04 Å². The number of aromatic hydroxyl groups is 1. The van der Waals surface area contributed by atoms with E-state index >= 15 is 0 Å². The van der Waals surface area contributed by atoms with Crippen LogP contribution in [0.15, 0.2) is 91.0 Å². The van der Waals surface area contributed by atoms with Crippen LogP contribution in [0.1, 0.15) is 33.1 Å². The third-order valence-corrected chi connectivity index (χ3v) is 4.96. The summed E-state index contributed by atoms with van der Waals surface area (Å²) < 4.78 is 0. The normalized spacial score (nSPS) is 11.9. The second-order valence-corrected chi connectivity index (χ2v) is 6.90. The summed E-state index contributed by atoms with van der Waals surface area (Å²) in [5, 5.41) is 15.8. The van der Waals surface area contributed by atoms with Crippen molar-refractivity contribution in [1.82, 2.24) is 5.32 Å². The first-order chi connectivity index (χ1) is 13.6. The minimum atomic E-state index is -0.473. The number of hydrogen-bond donors (Lipinski definition) is 2. The SMILES string of the molecule is Cc1ccc(C(NC(=O)c2ccccc2)c2c(O)ccc3ccccc23)cc1. The molecule has 3 nitrogen and oxygen atoms in total. The van der Waals surface area contributed by atoms with Gasteiger partial charge in [-0.3, -0.25) is 4.79 Å². The number of benzene rings is 4. The summed E-state index contributed by atoms with van der Waals surface area (Å²) in [7, 11) is 0. The number of carbonyl (C=O) groups is 1. The smallest absolute Gasteiger partial charge is 0.252 e. The maximum atomic E-state index is 12.9. The average molecular weight is 367 g/mol. The van der Waals surface area contributed by atoms with Crippen molar-refractivity contribution >= 4 is 16.7 Å². The molecule has 138 valence electrons. The Morgan fingerprint density at radius 1 is 0.821 bits per heavy atom. The minimum Gasteiger partial charge on any atom is -0.508 e. The van der Waals surface area contributed by atoms with E-state index in [4.69, 9.17) is 0 Å². The second kappa shape index (κ2) is 7.57. The number of aryl methyl sites for hydroxylation is 1. The topological polar surface area (TPSA) is 49.3 Å². The summed E-state index contributed by atoms with van der Waals surface area (Å²) >= 11 is 0. The molecule has 4 rings (SSSR count). The molecular weight excluding hydrogens is 346 g/mol. The fraction of sp³-hybridized carbons (Fsp3) is 0.0800. The van der Waals surface area contributed by atoms with E-state index in [1.54, 1.807) is 18.2 Å². The Morgan fingerprint density at radius 2 is 1.50 bits per heavy atom. The van der Waals surface area contributed by atoms with Gasteiger partial charge in [0, 0.05) is 11.1 Å². The molecule has 0 aliphatic rings. The van der Waals surface area contributed by atoms with Gasteiger partial charge < -0.3 is 10.4 Å². The largest absolute Gasteiger partial charge is 0.508 e. The van der Waals surface area contributed by atoms with Gasteiger partial charge in [0.2, 0.25) is 0 Å². The van der Waals surface area contributed by atoms with Gasteiger partial charge in [-0.15, -0.1) is 0 Å². The molecule has 1 amide bonds. The zero-order valence-corrected chi connectivity index (χ0v) is 15.6.